The van der Waals surface area contributed by atoms with Gasteiger partial charge in [0.05, 0.1) is 15.9 Å². The summed E-state index contributed by atoms with van der Waals surface area (Å²) < 4.78 is 3.02. The molecule has 0 spiro atoms. The first kappa shape index (κ1) is 14.3. The zero-order valence-corrected chi connectivity index (χ0v) is 13.2. The van der Waals surface area contributed by atoms with Crippen molar-refractivity contribution in [2.45, 2.75) is 32.7 Å². The minimum absolute atomic E-state index is 0.00277. The molecule has 1 atom stereocenters. The SMILES string of the molecule is CCc1nn(C)c(CC(N)c2ccc(C)cc2)c1Br. The maximum atomic E-state index is 6.30. The van der Waals surface area contributed by atoms with Crippen molar-refractivity contribution in [1.82, 2.24) is 9.78 Å². The summed E-state index contributed by atoms with van der Waals surface area (Å²) in [6, 6.07) is 8.41. The van der Waals surface area contributed by atoms with Gasteiger partial charge in [0.25, 0.3) is 0 Å². The minimum atomic E-state index is -0.00277. The van der Waals surface area contributed by atoms with E-state index in [0.29, 0.717) is 0 Å². The molecular weight excluding hydrogens is 302 g/mol. The van der Waals surface area contributed by atoms with Crippen molar-refractivity contribution in [1.29, 1.82) is 0 Å². The summed E-state index contributed by atoms with van der Waals surface area (Å²) in [5.74, 6) is 0. The Morgan fingerprint density at radius 1 is 1.32 bits per heavy atom. The molecule has 0 radical (unpaired) electrons. The van der Waals surface area contributed by atoms with Crippen molar-refractivity contribution in [2.75, 3.05) is 0 Å². The Hall–Kier alpha value is -1.13. The molecular formula is C15H20BrN3. The van der Waals surface area contributed by atoms with E-state index < -0.39 is 0 Å². The standard InChI is InChI=1S/C15H20BrN3/c1-4-13-15(16)14(19(3)18-13)9-12(17)11-7-5-10(2)6-8-11/h5-8,12H,4,9,17H2,1-3H3. The second-order valence-corrected chi connectivity index (χ2v) is 5.70. The Kier molecular flexibility index (Phi) is 4.42. The van der Waals surface area contributed by atoms with E-state index in [1.165, 1.54) is 5.56 Å². The van der Waals surface area contributed by atoms with Gasteiger partial charge in [-0.05, 0) is 34.8 Å². The van der Waals surface area contributed by atoms with Crippen molar-refractivity contribution >= 4 is 15.9 Å². The summed E-state index contributed by atoms with van der Waals surface area (Å²) in [6.07, 6.45) is 1.71. The van der Waals surface area contributed by atoms with Gasteiger partial charge in [0.2, 0.25) is 0 Å². The molecule has 0 aliphatic rings. The van der Waals surface area contributed by atoms with Crippen LogP contribution in [-0.4, -0.2) is 9.78 Å². The molecule has 102 valence electrons. The van der Waals surface area contributed by atoms with Gasteiger partial charge < -0.3 is 5.73 Å². The van der Waals surface area contributed by atoms with Gasteiger partial charge in [0.1, 0.15) is 0 Å². The zero-order chi connectivity index (χ0) is 14.0. The molecule has 0 bridgehead atoms. The van der Waals surface area contributed by atoms with Gasteiger partial charge in [0.15, 0.2) is 0 Å². The summed E-state index contributed by atoms with van der Waals surface area (Å²) in [7, 11) is 1.97. The fraction of sp³-hybridized carbons (Fsp3) is 0.400. The second-order valence-electron chi connectivity index (χ2n) is 4.91. The molecule has 0 saturated carbocycles. The number of rotatable bonds is 4. The lowest BCUT2D eigenvalue weighted by Crippen LogP contribution is -2.15. The summed E-state index contributed by atoms with van der Waals surface area (Å²) in [5, 5.41) is 4.50. The van der Waals surface area contributed by atoms with Crippen LogP contribution in [0.3, 0.4) is 0 Å². The molecule has 0 amide bonds. The third-order valence-electron chi connectivity index (χ3n) is 3.42. The van der Waals surface area contributed by atoms with Crippen molar-refractivity contribution < 1.29 is 0 Å². The largest absolute Gasteiger partial charge is 0.324 e. The second kappa shape index (κ2) is 5.88. The molecule has 2 rings (SSSR count). The Balaban J connectivity index is 2.21. The topological polar surface area (TPSA) is 43.8 Å². The Bertz CT molecular complexity index is 558. The van der Waals surface area contributed by atoms with Gasteiger partial charge in [-0.25, -0.2) is 0 Å². The maximum Gasteiger partial charge on any atom is 0.0766 e. The first-order valence-corrected chi connectivity index (χ1v) is 7.34. The quantitative estimate of drug-likeness (QED) is 0.939. The van der Waals surface area contributed by atoms with E-state index in [4.69, 9.17) is 5.73 Å². The van der Waals surface area contributed by atoms with Crippen LogP contribution in [0.25, 0.3) is 0 Å². The Morgan fingerprint density at radius 2 is 1.95 bits per heavy atom. The molecule has 0 aliphatic heterocycles. The molecule has 0 aliphatic carbocycles. The zero-order valence-electron chi connectivity index (χ0n) is 11.7. The summed E-state index contributed by atoms with van der Waals surface area (Å²) in [4.78, 5) is 0. The number of halogens is 1. The summed E-state index contributed by atoms with van der Waals surface area (Å²) in [5.41, 5.74) is 11.0. The van der Waals surface area contributed by atoms with Crippen molar-refractivity contribution in [3.05, 3.63) is 51.3 Å². The highest BCUT2D eigenvalue weighted by Crippen LogP contribution is 2.25. The van der Waals surface area contributed by atoms with Gasteiger partial charge >= 0.3 is 0 Å². The number of aromatic nitrogens is 2. The van der Waals surface area contributed by atoms with Crippen molar-refractivity contribution in [2.24, 2.45) is 12.8 Å². The molecule has 3 nitrogen and oxygen atoms in total. The smallest absolute Gasteiger partial charge is 0.0766 e. The lowest BCUT2D eigenvalue weighted by Gasteiger charge is -2.13. The molecule has 1 unspecified atom stereocenters. The van der Waals surface area contributed by atoms with Crippen molar-refractivity contribution in [3.8, 4) is 0 Å². The number of benzene rings is 1. The normalized spacial score (nSPS) is 12.7. The first-order chi connectivity index (χ1) is 9.02. The lowest BCUT2D eigenvalue weighted by molar-refractivity contribution is 0.637. The minimum Gasteiger partial charge on any atom is -0.324 e. The van der Waals surface area contributed by atoms with Crippen LogP contribution in [0.5, 0.6) is 0 Å². The highest BCUT2D eigenvalue weighted by molar-refractivity contribution is 9.10. The number of hydrogen-bond donors (Lipinski definition) is 1. The van der Waals surface area contributed by atoms with E-state index in [-0.39, 0.29) is 6.04 Å². The monoisotopic (exact) mass is 321 g/mol. The van der Waals surface area contributed by atoms with Crippen LogP contribution in [0.1, 0.15) is 35.5 Å². The molecule has 4 heteroatoms. The first-order valence-electron chi connectivity index (χ1n) is 6.55. The molecule has 2 aromatic rings. The van der Waals surface area contributed by atoms with Crippen LogP contribution in [0.4, 0.5) is 0 Å². The van der Waals surface area contributed by atoms with Gasteiger partial charge in [0, 0.05) is 19.5 Å². The van der Waals surface area contributed by atoms with Gasteiger partial charge in [-0.15, -0.1) is 0 Å². The highest BCUT2D eigenvalue weighted by Gasteiger charge is 2.16. The predicted molar refractivity (Wildman–Crippen MR) is 82.1 cm³/mol. The van der Waals surface area contributed by atoms with E-state index in [9.17, 15) is 0 Å². The van der Waals surface area contributed by atoms with E-state index in [0.717, 1.165) is 34.3 Å². The molecule has 0 fully saturated rings. The number of nitrogens with two attached hydrogens (primary N) is 1. The Labute approximate surface area is 122 Å². The predicted octanol–water partition coefficient (Wildman–Crippen LogP) is 3.30. The van der Waals surface area contributed by atoms with Gasteiger partial charge in [-0.1, -0.05) is 36.8 Å². The number of nitrogens with zero attached hydrogens (tertiary/aromatic N) is 2. The van der Waals surface area contributed by atoms with Crippen molar-refractivity contribution in [3.63, 3.8) is 0 Å². The van der Waals surface area contributed by atoms with E-state index in [1.54, 1.807) is 0 Å². The highest BCUT2D eigenvalue weighted by atomic mass is 79.9. The third-order valence-corrected chi connectivity index (χ3v) is 4.34. The number of hydrogen-bond acceptors (Lipinski definition) is 2. The van der Waals surface area contributed by atoms with Gasteiger partial charge in [-0.3, -0.25) is 4.68 Å². The molecule has 1 heterocycles. The van der Waals surface area contributed by atoms with Gasteiger partial charge in [-0.2, -0.15) is 5.10 Å². The fourth-order valence-electron chi connectivity index (χ4n) is 2.18. The van der Waals surface area contributed by atoms with Crippen LogP contribution in [0.15, 0.2) is 28.7 Å². The number of aryl methyl sites for hydroxylation is 3. The molecule has 0 saturated heterocycles. The molecule has 1 aromatic carbocycles. The maximum absolute atomic E-state index is 6.30. The van der Waals surface area contributed by atoms with E-state index in [1.807, 2.05) is 11.7 Å². The molecule has 19 heavy (non-hydrogen) atoms. The summed E-state index contributed by atoms with van der Waals surface area (Å²) in [6.45, 7) is 4.19. The van der Waals surface area contributed by atoms with Crippen LogP contribution in [0.2, 0.25) is 0 Å². The molecule has 2 N–H and O–H groups in total. The van der Waals surface area contributed by atoms with Crippen LogP contribution in [-0.2, 0) is 19.9 Å². The van der Waals surface area contributed by atoms with E-state index >= 15 is 0 Å². The van der Waals surface area contributed by atoms with Crippen LogP contribution in [0, 0.1) is 6.92 Å². The van der Waals surface area contributed by atoms with Crippen LogP contribution >= 0.6 is 15.9 Å². The summed E-state index contributed by atoms with van der Waals surface area (Å²) >= 11 is 3.64. The third kappa shape index (κ3) is 3.07. The molecule has 1 aromatic heterocycles. The van der Waals surface area contributed by atoms with Crippen LogP contribution < -0.4 is 5.73 Å². The average molecular weight is 322 g/mol. The Morgan fingerprint density at radius 3 is 2.47 bits per heavy atom. The average Bonchev–Trinajstić information content (AvgIpc) is 2.67. The fourth-order valence-corrected chi connectivity index (χ4v) is 2.96. The van der Waals surface area contributed by atoms with E-state index in [2.05, 4.69) is 59.1 Å². The lowest BCUT2D eigenvalue weighted by atomic mass is 10.0.